The van der Waals surface area contributed by atoms with Crippen LogP contribution in [0.1, 0.15) is 32.5 Å². The van der Waals surface area contributed by atoms with Crippen LogP contribution in [-0.4, -0.2) is 49.1 Å². The van der Waals surface area contributed by atoms with Gasteiger partial charge < -0.3 is 15.0 Å². The van der Waals surface area contributed by atoms with Crippen LogP contribution in [0.4, 0.5) is 5.00 Å². The van der Waals surface area contributed by atoms with E-state index >= 15 is 0 Å². The quantitative estimate of drug-likeness (QED) is 0.464. The highest BCUT2D eigenvalue weighted by Crippen LogP contribution is 2.34. The number of benzene rings is 1. The lowest BCUT2D eigenvalue weighted by Crippen LogP contribution is -2.21. The Bertz CT molecular complexity index is 879. The molecule has 0 radical (unpaired) electrons. The fourth-order valence-electron chi connectivity index (χ4n) is 2.30. The number of rotatable bonds is 7. The van der Waals surface area contributed by atoms with Crippen molar-refractivity contribution in [3.8, 4) is 0 Å². The van der Waals surface area contributed by atoms with Gasteiger partial charge in [0.1, 0.15) is 5.00 Å². The van der Waals surface area contributed by atoms with Crippen LogP contribution in [0, 0.1) is 6.92 Å². The first-order chi connectivity index (χ1) is 13.2. The highest BCUT2D eigenvalue weighted by Gasteiger charge is 2.27. The van der Waals surface area contributed by atoms with Gasteiger partial charge in [-0.3, -0.25) is 9.59 Å². The van der Waals surface area contributed by atoms with Gasteiger partial charge in [0.25, 0.3) is 5.91 Å². The maximum Gasteiger partial charge on any atom is 0.341 e. The number of carbonyl (C=O) groups is 3. The van der Waals surface area contributed by atoms with Crippen molar-refractivity contribution in [1.82, 2.24) is 4.90 Å². The summed E-state index contributed by atoms with van der Waals surface area (Å²) in [4.78, 5) is 40.0. The van der Waals surface area contributed by atoms with Gasteiger partial charge in [-0.25, -0.2) is 4.79 Å². The van der Waals surface area contributed by atoms with Crippen LogP contribution in [0.25, 0.3) is 0 Å². The molecular weight excluding hydrogens is 464 g/mol. The van der Waals surface area contributed by atoms with Crippen molar-refractivity contribution in [3.05, 3.63) is 44.7 Å². The van der Waals surface area contributed by atoms with E-state index in [9.17, 15) is 14.4 Å². The summed E-state index contributed by atoms with van der Waals surface area (Å²) >= 11 is 5.85. The van der Waals surface area contributed by atoms with E-state index in [1.165, 1.54) is 16.7 Å². The Kier molecular flexibility index (Phi) is 8.09. The lowest BCUT2D eigenvalue weighted by molar-refractivity contribution is -0.113. The monoisotopic (exact) mass is 484 g/mol. The molecule has 0 aliphatic carbocycles. The largest absolute Gasteiger partial charge is 0.462 e. The van der Waals surface area contributed by atoms with E-state index in [-0.39, 0.29) is 29.7 Å². The normalized spacial score (nSPS) is 10.5. The van der Waals surface area contributed by atoms with Gasteiger partial charge in [0, 0.05) is 23.5 Å². The molecule has 0 spiro atoms. The molecule has 0 aliphatic rings. The molecule has 1 aromatic heterocycles. The fourth-order valence-corrected chi connectivity index (χ4v) is 4.50. The summed E-state index contributed by atoms with van der Waals surface area (Å²) in [6, 6.07) is 7.63. The van der Waals surface area contributed by atoms with Gasteiger partial charge in [0.2, 0.25) is 5.91 Å². The van der Waals surface area contributed by atoms with Crippen molar-refractivity contribution in [1.29, 1.82) is 0 Å². The molecule has 2 rings (SSSR count). The molecule has 0 saturated heterocycles. The predicted molar refractivity (Wildman–Crippen MR) is 117 cm³/mol. The molecule has 0 bridgehead atoms. The molecule has 0 aliphatic heterocycles. The summed E-state index contributed by atoms with van der Waals surface area (Å²) in [5, 5.41) is 3.10. The number of carbonyl (C=O) groups excluding carboxylic acids is 3. The maximum atomic E-state index is 12.4. The van der Waals surface area contributed by atoms with E-state index < -0.39 is 5.97 Å². The minimum atomic E-state index is -0.551. The Morgan fingerprint density at radius 3 is 2.43 bits per heavy atom. The lowest BCUT2D eigenvalue weighted by Gasteiger charge is -2.09. The summed E-state index contributed by atoms with van der Waals surface area (Å²) in [5.74, 6) is -0.857. The second-order valence-corrected chi connectivity index (χ2v) is 8.96. The highest BCUT2D eigenvalue weighted by molar-refractivity contribution is 9.10. The molecule has 0 saturated carbocycles. The summed E-state index contributed by atoms with van der Waals surface area (Å²) < 4.78 is 6.07. The molecule has 9 heteroatoms. The van der Waals surface area contributed by atoms with E-state index in [2.05, 4.69) is 21.2 Å². The first-order valence-corrected chi connectivity index (χ1v) is 11.0. The molecule has 6 nitrogen and oxygen atoms in total. The van der Waals surface area contributed by atoms with Crippen LogP contribution in [0.5, 0.6) is 0 Å². The van der Waals surface area contributed by atoms with E-state index in [0.29, 0.717) is 15.4 Å². The number of thioether (sulfide) groups is 1. The number of ether oxygens (including phenoxy) is 1. The minimum Gasteiger partial charge on any atom is -0.462 e. The molecule has 0 atom stereocenters. The Morgan fingerprint density at radius 2 is 1.86 bits per heavy atom. The Hall–Kier alpha value is -1.84. The van der Waals surface area contributed by atoms with E-state index in [0.717, 1.165) is 20.7 Å². The number of hydrogen-bond donors (Lipinski definition) is 1. The second-order valence-electron chi connectivity index (χ2n) is 5.97. The molecule has 28 heavy (non-hydrogen) atoms. The molecule has 150 valence electrons. The number of halogens is 1. The van der Waals surface area contributed by atoms with Crippen molar-refractivity contribution in [3.63, 3.8) is 0 Å². The van der Waals surface area contributed by atoms with Crippen LogP contribution in [0.3, 0.4) is 0 Å². The molecule has 1 heterocycles. The third-order valence-electron chi connectivity index (χ3n) is 3.66. The number of esters is 1. The SMILES string of the molecule is CCOC(=O)c1c(NC(=O)CSc2ccc(Br)cc2)sc(C(=O)N(C)C)c1C. The molecule has 1 N–H and O–H groups in total. The third kappa shape index (κ3) is 5.59. The molecule has 1 aromatic carbocycles. The van der Waals surface area contributed by atoms with Gasteiger partial charge in [-0.15, -0.1) is 23.1 Å². The number of anilines is 1. The second kappa shape index (κ2) is 10.1. The minimum absolute atomic E-state index is 0.178. The van der Waals surface area contributed by atoms with Crippen LogP contribution >= 0.6 is 39.0 Å². The molecule has 0 fully saturated rings. The molecule has 2 amide bonds. The number of hydrogen-bond acceptors (Lipinski definition) is 6. The average molecular weight is 485 g/mol. The van der Waals surface area contributed by atoms with E-state index in [1.54, 1.807) is 27.9 Å². The average Bonchev–Trinajstić information content (AvgIpc) is 2.96. The van der Waals surface area contributed by atoms with Crippen LogP contribution in [0.15, 0.2) is 33.6 Å². The van der Waals surface area contributed by atoms with Crippen LogP contribution in [0.2, 0.25) is 0 Å². The first kappa shape index (κ1) is 22.4. The van der Waals surface area contributed by atoms with Crippen molar-refractivity contribution in [2.75, 3.05) is 31.8 Å². The zero-order chi connectivity index (χ0) is 20.8. The van der Waals surface area contributed by atoms with Crippen LogP contribution in [-0.2, 0) is 9.53 Å². The highest BCUT2D eigenvalue weighted by atomic mass is 79.9. The van der Waals surface area contributed by atoms with Gasteiger partial charge in [-0.05, 0) is 43.7 Å². The summed E-state index contributed by atoms with van der Waals surface area (Å²) in [6.07, 6.45) is 0. The van der Waals surface area contributed by atoms with E-state index in [4.69, 9.17) is 4.74 Å². The number of nitrogens with zero attached hydrogens (tertiary/aromatic N) is 1. The van der Waals surface area contributed by atoms with Gasteiger partial charge in [-0.1, -0.05) is 15.9 Å². The molecular formula is C19H21BrN2O4S2. The summed E-state index contributed by atoms with van der Waals surface area (Å²) in [6.45, 7) is 3.60. The summed E-state index contributed by atoms with van der Waals surface area (Å²) in [5.41, 5.74) is 0.747. The first-order valence-electron chi connectivity index (χ1n) is 8.45. The Labute approximate surface area is 180 Å². The summed E-state index contributed by atoms with van der Waals surface area (Å²) in [7, 11) is 3.28. The standard InChI is InChI=1S/C19H21BrN2O4S2/c1-5-26-19(25)15-11(2)16(18(24)22(3)4)28-17(15)21-14(23)10-27-13-8-6-12(20)7-9-13/h6-9H,5,10H2,1-4H3,(H,21,23). The number of amides is 2. The van der Waals surface area contributed by atoms with Gasteiger partial charge >= 0.3 is 5.97 Å². The Morgan fingerprint density at radius 1 is 1.21 bits per heavy atom. The maximum absolute atomic E-state index is 12.4. The predicted octanol–water partition coefficient (Wildman–Crippen LogP) is 4.43. The fraction of sp³-hybridized carbons (Fsp3) is 0.316. The van der Waals surface area contributed by atoms with Crippen molar-refractivity contribution in [2.24, 2.45) is 0 Å². The van der Waals surface area contributed by atoms with Crippen LogP contribution < -0.4 is 5.32 Å². The van der Waals surface area contributed by atoms with Gasteiger partial charge in [0.05, 0.1) is 22.8 Å². The lowest BCUT2D eigenvalue weighted by atomic mass is 10.1. The third-order valence-corrected chi connectivity index (χ3v) is 6.40. The number of nitrogens with one attached hydrogen (secondary N) is 1. The van der Waals surface area contributed by atoms with Crippen molar-refractivity contribution < 1.29 is 19.1 Å². The Balaban J connectivity index is 2.21. The zero-order valence-corrected chi connectivity index (χ0v) is 19.2. The molecule has 0 unspecified atom stereocenters. The zero-order valence-electron chi connectivity index (χ0n) is 16.0. The number of thiophene rings is 1. The smallest absolute Gasteiger partial charge is 0.341 e. The molecule has 2 aromatic rings. The van der Waals surface area contributed by atoms with E-state index in [1.807, 2.05) is 24.3 Å². The van der Waals surface area contributed by atoms with Gasteiger partial charge in [0.15, 0.2) is 0 Å². The van der Waals surface area contributed by atoms with Crippen molar-refractivity contribution >= 4 is 61.8 Å². The van der Waals surface area contributed by atoms with Gasteiger partial charge in [-0.2, -0.15) is 0 Å². The van der Waals surface area contributed by atoms with Crippen molar-refractivity contribution in [2.45, 2.75) is 18.7 Å². The topological polar surface area (TPSA) is 75.7 Å².